The summed E-state index contributed by atoms with van der Waals surface area (Å²) in [5.41, 5.74) is 1.16. The maximum absolute atomic E-state index is 12.8. The van der Waals surface area contributed by atoms with E-state index in [0.29, 0.717) is 11.1 Å². The van der Waals surface area contributed by atoms with Crippen molar-refractivity contribution in [1.82, 2.24) is 5.32 Å². The van der Waals surface area contributed by atoms with Gasteiger partial charge in [0.05, 0.1) is 6.04 Å². The van der Waals surface area contributed by atoms with Crippen LogP contribution in [0.1, 0.15) is 42.7 Å². The molecule has 0 bridgehead atoms. The zero-order valence-electron chi connectivity index (χ0n) is 17.1. The summed E-state index contributed by atoms with van der Waals surface area (Å²) in [6.45, 7) is 10.2. The minimum absolute atomic E-state index is 0.161. The Hall–Kier alpha value is -2.44. The molecule has 2 rings (SSSR count). The van der Waals surface area contributed by atoms with Crippen molar-refractivity contribution < 1.29 is 19.1 Å². The van der Waals surface area contributed by atoms with Gasteiger partial charge in [-0.3, -0.25) is 4.79 Å². The zero-order chi connectivity index (χ0) is 20.9. The van der Waals surface area contributed by atoms with Crippen molar-refractivity contribution in [3.05, 3.63) is 71.8 Å². The van der Waals surface area contributed by atoms with Gasteiger partial charge in [0.1, 0.15) is 0 Å². The summed E-state index contributed by atoms with van der Waals surface area (Å²) in [4.78, 5) is 25.0. The lowest BCUT2D eigenvalue weighted by Crippen LogP contribution is -2.51. The highest BCUT2D eigenvalue weighted by molar-refractivity contribution is 6.74. The summed E-state index contributed by atoms with van der Waals surface area (Å²) in [7, 11) is -2.39. The van der Waals surface area contributed by atoms with E-state index in [2.05, 4.69) is 26.1 Å². The van der Waals surface area contributed by atoms with Gasteiger partial charge < -0.3 is 14.8 Å². The van der Waals surface area contributed by atoms with Crippen molar-refractivity contribution in [3.63, 3.8) is 0 Å². The standard InChI is InChI=1S/C22H29NO4Si/c1-22(2,3)28(4,5)27-19(21(25)26)18(16-12-8-6-9-13-16)23-20(24)17-14-10-7-11-15-17/h6-15,18-19H,1-5H3,(H,23,24)(H,25,26)/t18-,19+/m0/s1. The second-order valence-electron chi connectivity index (χ2n) is 8.36. The van der Waals surface area contributed by atoms with Crippen LogP contribution >= 0.6 is 0 Å². The lowest BCUT2D eigenvalue weighted by atomic mass is 10.0. The van der Waals surface area contributed by atoms with E-state index in [1.54, 1.807) is 36.4 Å². The summed E-state index contributed by atoms with van der Waals surface area (Å²) in [5.74, 6) is -1.42. The molecule has 150 valence electrons. The van der Waals surface area contributed by atoms with Gasteiger partial charge in [0.15, 0.2) is 14.4 Å². The number of rotatable bonds is 7. The van der Waals surface area contributed by atoms with Gasteiger partial charge in [0, 0.05) is 5.56 Å². The largest absolute Gasteiger partial charge is 0.479 e. The maximum atomic E-state index is 12.8. The van der Waals surface area contributed by atoms with Crippen LogP contribution in [0.2, 0.25) is 18.1 Å². The monoisotopic (exact) mass is 399 g/mol. The van der Waals surface area contributed by atoms with Crippen molar-refractivity contribution in [3.8, 4) is 0 Å². The Morgan fingerprint density at radius 3 is 1.93 bits per heavy atom. The molecule has 6 heteroatoms. The number of hydrogen-bond acceptors (Lipinski definition) is 3. The molecule has 2 N–H and O–H groups in total. The van der Waals surface area contributed by atoms with Crippen molar-refractivity contribution in [2.45, 2.75) is 51.0 Å². The van der Waals surface area contributed by atoms with Crippen LogP contribution in [0.25, 0.3) is 0 Å². The average Bonchev–Trinajstić information content (AvgIpc) is 2.64. The molecule has 0 fully saturated rings. The third-order valence-corrected chi connectivity index (χ3v) is 9.71. The number of carboxylic acid groups (broad SMARTS) is 1. The first-order chi connectivity index (χ1) is 13.0. The average molecular weight is 400 g/mol. The summed E-state index contributed by atoms with van der Waals surface area (Å²) in [6, 6.07) is 17.1. The summed E-state index contributed by atoms with van der Waals surface area (Å²) < 4.78 is 6.24. The fourth-order valence-corrected chi connectivity index (χ4v) is 3.79. The van der Waals surface area contributed by atoms with Gasteiger partial charge in [0.2, 0.25) is 0 Å². The Kier molecular flexibility index (Phi) is 6.80. The lowest BCUT2D eigenvalue weighted by Gasteiger charge is -2.40. The number of nitrogens with one attached hydrogen (secondary N) is 1. The molecule has 0 unspecified atom stereocenters. The van der Waals surface area contributed by atoms with Crippen molar-refractivity contribution in [2.24, 2.45) is 0 Å². The molecule has 2 aromatic rings. The molecular formula is C22H29NO4Si. The molecule has 0 radical (unpaired) electrons. The molecule has 2 aromatic carbocycles. The highest BCUT2D eigenvalue weighted by Gasteiger charge is 2.43. The fraction of sp³-hybridized carbons (Fsp3) is 0.364. The Morgan fingerprint density at radius 1 is 0.964 bits per heavy atom. The van der Waals surface area contributed by atoms with Gasteiger partial charge in [0.25, 0.3) is 5.91 Å². The normalized spacial score (nSPS) is 14.2. The second-order valence-corrected chi connectivity index (χ2v) is 13.1. The number of benzene rings is 2. The first-order valence-corrected chi connectivity index (χ1v) is 12.3. The molecule has 0 aliphatic rings. The Labute approximate surface area is 167 Å². The minimum Gasteiger partial charge on any atom is -0.479 e. The van der Waals surface area contributed by atoms with E-state index < -0.39 is 26.4 Å². The molecule has 0 saturated heterocycles. The van der Waals surface area contributed by atoms with Crippen molar-refractivity contribution in [1.29, 1.82) is 0 Å². The quantitative estimate of drug-likeness (QED) is 0.666. The Balaban J connectivity index is 2.41. The Bertz CT molecular complexity index is 800. The minimum atomic E-state index is -2.39. The van der Waals surface area contributed by atoms with Gasteiger partial charge >= 0.3 is 5.97 Å². The van der Waals surface area contributed by atoms with Crippen LogP contribution in [0, 0.1) is 0 Å². The second kappa shape index (κ2) is 8.71. The highest BCUT2D eigenvalue weighted by Crippen LogP contribution is 2.39. The van der Waals surface area contributed by atoms with Crippen LogP contribution < -0.4 is 5.32 Å². The van der Waals surface area contributed by atoms with Gasteiger partial charge in [-0.05, 0) is 35.8 Å². The predicted molar refractivity (Wildman–Crippen MR) is 113 cm³/mol. The smallest absolute Gasteiger partial charge is 0.334 e. The summed E-state index contributed by atoms with van der Waals surface area (Å²) in [6.07, 6.45) is -1.18. The third-order valence-electron chi connectivity index (χ3n) is 5.26. The van der Waals surface area contributed by atoms with Crippen LogP contribution in [0.5, 0.6) is 0 Å². The van der Waals surface area contributed by atoms with E-state index in [1.807, 2.05) is 37.4 Å². The van der Waals surface area contributed by atoms with E-state index in [-0.39, 0.29) is 10.9 Å². The first kappa shape index (κ1) is 21.9. The van der Waals surface area contributed by atoms with E-state index in [9.17, 15) is 14.7 Å². The van der Waals surface area contributed by atoms with Crippen LogP contribution in [0.15, 0.2) is 60.7 Å². The molecule has 0 aromatic heterocycles. The van der Waals surface area contributed by atoms with Crippen LogP contribution in [0.4, 0.5) is 0 Å². The number of carbonyl (C=O) groups is 2. The van der Waals surface area contributed by atoms with Gasteiger partial charge in [-0.25, -0.2) is 4.79 Å². The molecule has 0 aliphatic heterocycles. The topological polar surface area (TPSA) is 75.6 Å². The molecule has 5 nitrogen and oxygen atoms in total. The highest BCUT2D eigenvalue weighted by atomic mass is 28.4. The zero-order valence-corrected chi connectivity index (χ0v) is 18.1. The van der Waals surface area contributed by atoms with Crippen LogP contribution in [-0.4, -0.2) is 31.4 Å². The summed E-state index contributed by atoms with van der Waals surface area (Å²) in [5, 5.41) is 12.7. The van der Waals surface area contributed by atoms with Crippen molar-refractivity contribution in [2.75, 3.05) is 0 Å². The van der Waals surface area contributed by atoms with Gasteiger partial charge in [-0.2, -0.15) is 0 Å². The van der Waals surface area contributed by atoms with Gasteiger partial charge in [-0.1, -0.05) is 69.3 Å². The van der Waals surface area contributed by atoms with Gasteiger partial charge in [-0.15, -0.1) is 0 Å². The molecule has 0 spiro atoms. The van der Waals surface area contributed by atoms with Crippen LogP contribution in [0.3, 0.4) is 0 Å². The first-order valence-electron chi connectivity index (χ1n) is 9.34. The maximum Gasteiger partial charge on any atom is 0.334 e. The van der Waals surface area contributed by atoms with E-state index in [0.717, 1.165) is 0 Å². The van der Waals surface area contributed by atoms with E-state index in [1.165, 1.54) is 0 Å². The molecule has 0 aliphatic carbocycles. The lowest BCUT2D eigenvalue weighted by molar-refractivity contribution is -0.147. The fourth-order valence-electron chi connectivity index (χ4n) is 2.56. The third kappa shape index (κ3) is 5.30. The van der Waals surface area contributed by atoms with E-state index >= 15 is 0 Å². The number of hydrogen-bond donors (Lipinski definition) is 2. The van der Waals surface area contributed by atoms with Crippen LogP contribution in [-0.2, 0) is 9.22 Å². The van der Waals surface area contributed by atoms with E-state index in [4.69, 9.17) is 4.43 Å². The Morgan fingerprint density at radius 2 is 1.46 bits per heavy atom. The molecule has 28 heavy (non-hydrogen) atoms. The van der Waals surface area contributed by atoms with Crippen molar-refractivity contribution >= 4 is 20.2 Å². The SMILES string of the molecule is CC(C)(C)[Si](C)(C)O[C@@H](C(=O)O)[C@@H](NC(=O)c1ccccc1)c1ccccc1. The number of amides is 1. The molecule has 0 saturated carbocycles. The predicted octanol–water partition coefficient (Wildman–Crippen LogP) is 4.63. The number of carboxylic acids is 1. The number of carbonyl (C=O) groups excluding carboxylic acids is 1. The molecule has 1 amide bonds. The number of aliphatic carboxylic acids is 1. The molecule has 0 heterocycles. The molecular weight excluding hydrogens is 370 g/mol. The summed E-state index contributed by atoms with van der Waals surface area (Å²) >= 11 is 0. The molecule has 2 atom stereocenters.